The summed E-state index contributed by atoms with van der Waals surface area (Å²) >= 11 is 1.44. The van der Waals surface area contributed by atoms with E-state index in [1.807, 2.05) is 30.3 Å². The van der Waals surface area contributed by atoms with Crippen LogP contribution in [0.3, 0.4) is 0 Å². The summed E-state index contributed by atoms with van der Waals surface area (Å²) in [5, 5.41) is 11.7. The number of aromatic carboxylic acids is 1. The number of hydrogen-bond acceptors (Lipinski definition) is 3. The van der Waals surface area contributed by atoms with Gasteiger partial charge in [-0.1, -0.05) is 18.2 Å². The number of thiophene rings is 1. The van der Waals surface area contributed by atoms with Gasteiger partial charge in [-0.3, -0.25) is 4.98 Å². The van der Waals surface area contributed by atoms with Gasteiger partial charge in [-0.25, -0.2) is 4.79 Å². The minimum Gasteiger partial charge on any atom is -0.478 e. The highest BCUT2D eigenvalue weighted by molar-refractivity contribution is 7.14. The molecule has 3 rings (SSSR count). The highest BCUT2D eigenvalue weighted by atomic mass is 32.1. The second kappa shape index (κ2) is 4.23. The van der Waals surface area contributed by atoms with Crippen molar-refractivity contribution in [2.24, 2.45) is 0 Å². The van der Waals surface area contributed by atoms with Crippen LogP contribution in [0, 0.1) is 0 Å². The lowest BCUT2D eigenvalue weighted by molar-refractivity contribution is 0.0697. The van der Waals surface area contributed by atoms with E-state index in [0.29, 0.717) is 5.56 Å². The zero-order valence-corrected chi connectivity index (χ0v) is 10.1. The highest BCUT2D eigenvalue weighted by Gasteiger charge is 2.10. The Morgan fingerprint density at radius 1 is 1.22 bits per heavy atom. The summed E-state index contributed by atoms with van der Waals surface area (Å²) < 4.78 is 0. The zero-order valence-electron chi connectivity index (χ0n) is 9.33. The molecule has 88 valence electrons. The van der Waals surface area contributed by atoms with Gasteiger partial charge in [0.25, 0.3) is 0 Å². The molecule has 0 unspecified atom stereocenters. The fraction of sp³-hybridized carbons (Fsp3) is 0. The normalized spacial score (nSPS) is 10.7. The number of pyridine rings is 1. The minimum absolute atomic E-state index is 0.330. The van der Waals surface area contributed by atoms with Crippen LogP contribution in [-0.2, 0) is 0 Å². The third kappa shape index (κ3) is 1.76. The average molecular weight is 255 g/mol. The van der Waals surface area contributed by atoms with E-state index >= 15 is 0 Å². The van der Waals surface area contributed by atoms with E-state index in [0.717, 1.165) is 21.3 Å². The highest BCUT2D eigenvalue weighted by Crippen LogP contribution is 2.32. The third-order valence-electron chi connectivity index (χ3n) is 2.76. The molecule has 1 N–H and O–H groups in total. The Kier molecular flexibility index (Phi) is 2.57. The lowest BCUT2D eigenvalue weighted by Gasteiger charge is -2.02. The van der Waals surface area contributed by atoms with E-state index in [2.05, 4.69) is 4.98 Å². The van der Waals surface area contributed by atoms with Crippen molar-refractivity contribution < 1.29 is 9.90 Å². The van der Waals surface area contributed by atoms with Crippen molar-refractivity contribution >= 4 is 28.2 Å². The first-order valence-electron chi connectivity index (χ1n) is 5.41. The monoisotopic (exact) mass is 255 g/mol. The zero-order chi connectivity index (χ0) is 12.5. The number of carbonyl (C=O) groups is 1. The van der Waals surface area contributed by atoms with Crippen LogP contribution in [-0.4, -0.2) is 16.1 Å². The molecule has 0 aliphatic heterocycles. The summed E-state index contributed by atoms with van der Waals surface area (Å²) in [5.74, 6) is -0.893. The molecule has 0 aliphatic rings. The molecule has 0 radical (unpaired) electrons. The number of hydrogen-bond donors (Lipinski definition) is 1. The minimum atomic E-state index is -0.893. The van der Waals surface area contributed by atoms with Gasteiger partial charge in [0.2, 0.25) is 0 Å². The third-order valence-corrected chi connectivity index (χ3v) is 3.72. The van der Waals surface area contributed by atoms with Gasteiger partial charge < -0.3 is 5.11 Å². The van der Waals surface area contributed by atoms with Crippen LogP contribution in [0.25, 0.3) is 21.3 Å². The Hall–Kier alpha value is -2.20. The molecular formula is C14H9NO2S. The quantitative estimate of drug-likeness (QED) is 0.760. The van der Waals surface area contributed by atoms with E-state index < -0.39 is 5.97 Å². The predicted molar refractivity (Wildman–Crippen MR) is 72.0 cm³/mol. The Labute approximate surface area is 107 Å². The van der Waals surface area contributed by atoms with Crippen molar-refractivity contribution in [1.29, 1.82) is 0 Å². The number of fused-ring (bicyclic) bond motifs is 1. The number of nitrogens with zero attached hydrogens (tertiary/aromatic N) is 1. The largest absolute Gasteiger partial charge is 0.478 e. The van der Waals surface area contributed by atoms with E-state index in [1.54, 1.807) is 17.6 Å². The molecule has 4 heteroatoms. The van der Waals surface area contributed by atoms with Gasteiger partial charge in [-0.2, -0.15) is 0 Å². The molecule has 0 fully saturated rings. The maximum atomic E-state index is 10.9. The molecule has 2 heterocycles. The van der Waals surface area contributed by atoms with E-state index in [4.69, 9.17) is 5.11 Å². The second-order valence-electron chi connectivity index (χ2n) is 3.88. The molecule has 0 saturated heterocycles. The van der Waals surface area contributed by atoms with Crippen molar-refractivity contribution in [2.45, 2.75) is 0 Å². The van der Waals surface area contributed by atoms with Crippen molar-refractivity contribution in [3.63, 3.8) is 0 Å². The summed E-state index contributed by atoms with van der Waals surface area (Å²) in [7, 11) is 0. The summed E-state index contributed by atoms with van der Waals surface area (Å²) in [5.41, 5.74) is 2.27. The first-order valence-corrected chi connectivity index (χ1v) is 6.29. The van der Waals surface area contributed by atoms with Crippen LogP contribution in [0.5, 0.6) is 0 Å². The molecule has 0 amide bonds. The Bertz CT molecular complexity index is 728. The molecule has 0 saturated carbocycles. The lowest BCUT2D eigenvalue weighted by atomic mass is 10.1. The molecular weight excluding hydrogens is 246 g/mol. The Morgan fingerprint density at radius 2 is 2.11 bits per heavy atom. The van der Waals surface area contributed by atoms with Gasteiger partial charge >= 0.3 is 5.97 Å². The predicted octanol–water partition coefficient (Wildman–Crippen LogP) is 3.66. The number of rotatable bonds is 2. The average Bonchev–Trinajstić information content (AvgIpc) is 2.87. The first-order chi connectivity index (χ1) is 8.75. The van der Waals surface area contributed by atoms with Gasteiger partial charge in [0, 0.05) is 27.4 Å². The standard InChI is InChI=1S/C14H9NO2S/c16-14(17)9-7-13(18-8-9)11-3-1-5-12-10(11)4-2-6-15-12/h1-8H,(H,16,17). The van der Waals surface area contributed by atoms with Crippen LogP contribution < -0.4 is 0 Å². The summed E-state index contributed by atoms with van der Waals surface area (Å²) in [6, 6.07) is 11.5. The van der Waals surface area contributed by atoms with Gasteiger partial charge in [0.05, 0.1) is 11.1 Å². The van der Waals surface area contributed by atoms with Crippen LogP contribution >= 0.6 is 11.3 Å². The number of benzene rings is 1. The number of aromatic nitrogens is 1. The van der Waals surface area contributed by atoms with Crippen LogP contribution in [0.15, 0.2) is 48.0 Å². The van der Waals surface area contributed by atoms with Gasteiger partial charge in [-0.15, -0.1) is 11.3 Å². The molecule has 3 nitrogen and oxygen atoms in total. The Morgan fingerprint density at radius 3 is 2.89 bits per heavy atom. The lowest BCUT2D eigenvalue weighted by Crippen LogP contribution is -1.91. The van der Waals surface area contributed by atoms with E-state index in [-0.39, 0.29) is 0 Å². The van der Waals surface area contributed by atoms with Crippen LogP contribution in [0.2, 0.25) is 0 Å². The SMILES string of the molecule is O=C(O)c1csc(-c2cccc3ncccc23)c1. The summed E-state index contributed by atoms with van der Waals surface area (Å²) in [4.78, 5) is 16.2. The fourth-order valence-corrected chi connectivity index (χ4v) is 2.83. The summed E-state index contributed by atoms with van der Waals surface area (Å²) in [6.07, 6.45) is 1.75. The Balaban J connectivity index is 2.21. The van der Waals surface area contributed by atoms with Crippen LogP contribution in [0.4, 0.5) is 0 Å². The van der Waals surface area contributed by atoms with Crippen molar-refractivity contribution in [1.82, 2.24) is 4.98 Å². The van der Waals surface area contributed by atoms with Crippen molar-refractivity contribution in [2.75, 3.05) is 0 Å². The second-order valence-corrected chi connectivity index (χ2v) is 4.79. The smallest absolute Gasteiger partial charge is 0.336 e. The molecule has 0 spiro atoms. The van der Waals surface area contributed by atoms with Crippen molar-refractivity contribution in [3.05, 3.63) is 53.5 Å². The summed E-state index contributed by atoms with van der Waals surface area (Å²) in [6.45, 7) is 0. The van der Waals surface area contributed by atoms with Crippen molar-refractivity contribution in [3.8, 4) is 10.4 Å². The molecule has 2 aromatic heterocycles. The maximum absolute atomic E-state index is 10.9. The molecule has 18 heavy (non-hydrogen) atoms. The number of carboxylic acids is 1. The molecule has 0 atom stereocenters. The molecule has 0 aliphatic carbocycles. The maximum Gasteiger partial charge on any atom is 0.336 e. The van der Waals surface area contributed by atoms with E-state index in [9.17, 15) is 4.79 Å². The van der Waals surface area contributed by atoms with Gasteiger partial charge in [-0.05, 0) is 18.2 Å². The molecule has 1 aromatic carbocycles. The number of carboxylic acid groups (broad SMARTS) is 1. The molecule has 0 bridgehead atoms. The fourth-order valence-electron chi connectivity index (χ4n) is 1.91. The molecule has 3 aromatic rings. The van der Waals surface area contributed by atoms with Gasteiger partial charge in [0.1, 0.15) is 0 Å². The topological polar surface area (TPSA) is 50.2 Å². The van der Waals surface area contributed by atoms with E-state index in [1.165, 1.54) is 11.3 Å². The van der Waals surface area contributed by atoms with Gasteiger partial charge in [0.15, 0.2) is 0 Å². The van der Waals surface area contributed by atoms with Crippen LogP contribution in [0.1, 0.15) is 10.4 Å². The first kappa shape index (κ1) is 10.9.